The van der Waals surface area contributed by atoms with Crippen molar-refractivity contribution in [2.45, 2.75) is 75.2 Å². The van der Waals surface area contributed by atoms with Crippen LogP contribution in [-0.4, -0.2) is 22.9 Å². The molecule has 1 aromatic carbocycles. The minimum Gasteiger partial charge on any atom is -0.333 e. The van der Waals surface area contributed by atoms with Gasteiger partial charge < -0.3 is 4.90 Å². The van der Waals surface area contributed by atoms with Gasteiger partial charge in [0.1, 0.15) is 0 Å². The molecule has 0 aromatic heterocycles. The van der Waals surface area contributed by atoms with E-state index in [1.165, 1.54) is 63.4 Å². The van der Waals surface area contributed by atoms with Crippen LogP contribution >= 0.6 is 31.9 Å². The molecule has 0 unspecified atom stereocenters. The smallest absolute Gasteiger partial charge is 0.254 e. The van der Waals surface area contributed by atoms with E-state index in [1.807, 2.05) is 12.1 Å². The molecule has 2 saturated carbocycles. The second-order valence-corrected chi connectivity index (χ2v) is 8.30. The Bertz CT molecular complexity index is 548. The number of amides is 1. The van der Waals surface area contributed by atoms with Gasteiger partial charge in [-0.25, -0.2) is 0 Å². The second kappa shape index (κ2) is 8.15. The van der Waals surface area contributed by atoms with E-state index in [2.05, 4.69) is 42.8 Å². The fraction of sp³-hybridized carbons (Fsp3) is 0.632. The third-order valence-corrected chi connectivity index (χ3v) is 6.71. The Labute approximate surface area is 156 Å². The highest BCUT2D eigenvalue weighted by atomic mass is 79.9. The molecule has 0 radical (unpaired) electrons. The first-order chi connectivity index (χ1) is 11.2. The molecule has 0 atom stereocenters. The van der Waals surface area contributed by atoms with Crippen LogP contribution in [0.15, 0.2) is 22.7 Å². The van der Waals surface area contributed by atoms with Crippen molar-refractivity contribution in [1.29, 1.82) is 0 Å². The summed E-state index contributed by atoms with van der Waals surface area (Å²) >= 11 is 7.09. The van der Waals surface area contributed by atoms with Gasteiger partial charge in [-0.05, 0) is 43.4 Å². The topological polar surface area (TPSA) is 20.3 Å². The Hall–Kier alpha value is -0.350. The van der Waals surface area contributed by atoms with Crippen LogP contribution in [0.5, 0.6) is 0 Å². The van der Waals surface area contributed by atoms with Gasteiger partial charge >= 0.3 is 0 Å². The number of hydrogen-bond acceptors (Lipinski definition) is 1. The van der Waals surface area contributed by atoms with Crippen molar-refractivity contribution >= 4 is 37.8 Å². The number of hydrogen-bond donors (Lipinski definition) is 0. The highest BCUT2D eigenvalue weighted by Gasteiger charge is 2.33. The molecule has 2 aliphatic carbocycles. The lowest BCUT2D eigenvalue weighted by molar-refractivity contribution is 0.0518. The van der Waals surface area contributed by atoms with Crippen LogP contribution < -0.4 is 0 Å². The van der Waals surface area contributed by atoms with Crippen molar-refractivity contribution in [3.63, 3.8) is 0 Å². The number of nitrogens with zero attached hydrogens (tertiary/aromatic N) is 1. The molecule has 4 heteroatoms. The Kier molecular flexibility index (Phi) is 6.19. The summed E-state index contributed by atoms with van der Waals surface area (Å²) in [5, 5.41) is 0.803. The number of halogens is 2. The van der Waals surface area contributed by atoms with Gasteiger partial charge in [-0.2, -0.15) is 0 Å². The third-order valence-electron chi connectivity index (χ3n) is 5.36. The number of benzene rings is 1. The maximum atomic E-state index is 13.3. The van der Waals surface area contributed by atoms with E-state index in [1.54, 1.807) is 0 Å². The zero-order valence-corrected chi connectivity index (χ0v) is 16.7. The lowest BCUT2D eigenvalue weighted by atomic mass is 9.92. The molecule has 0 heterocycles. The monoisotopic (exact) mass is 441 g/mol. The van der Waals surface area contributed by atoms with Gasteiger partial charge in [0, 0.05) is 27.4 Å². The molecule has 0 saturated heterocycles. The van der Waals surface area contributed by atoms with E-state index >= 15 is 0 Å². The lowest BCUT2D eigenvalue weighted by Crippen LogP contribution is -2.47. The fourth-order valence-corrected chi connectivity index (χ4v) is 5.49. The van der Waals surface area contributed by atoms with E-state index < -0.39 is 0 Å². The number of alkyl halides is 1. The van der Waals surface area contributed by atoms with Gasteiger partial charge in [-0.15, -0.1) is 0 Å². The highest BCUT2D eigenvalue weighted by molar-refractivity contribution is 9.10. The Morgan fingerprint density at radius 3 is 2.09 bits per heavy atom. The first kappa shape index (κ1) is 17.5. The Morgan fingerprint density at radius 1 is 1.00 bits per heavy atom. The van der Waals surface area contributed by atoms with Crippen LogP contribution in [0.25, 0.3) is 0 Å². The Balaban J connectivity index is 1.85. The summed E-state index contributed by atoms with van der Waals surface area (Å²) in [6, 6.07) is 6.96. The van der Waals surface area contributed by atoms with Gasteiger partial charge in [0.25, 0.3) is 5.91 Å². The van der Waals surface area contributed by atoms with Crippen LogP contribution in [0.1, 0.15) is 73.7 Å². The number of carbonyl (C=O) groups is 1. The quantitative estimate of drug-likeness (QED) is 0.518. The summed E-state index contributed by atoms with van der Waals surface area (Å²) in [7, 11) is 0. The standard InChI is InChI=1S/C19H25Br2NO/c20-13-15-11-10-14(12-18(15)21)19(23)22(17-8-4-5-9-17)16-6-2-1-3-7-16/h10-12,16-17H,1-9,13H2. The van der Waals surface area contributed by atoms with Crippen LogP contribution in [0.4, 0.5) is 0 Å². The minimum absolute atomic E-state index is 0.241. The Morgan fingerprint density at radius 2 is 1.57 bits per heavy atom. The number of rotatable bonds is 4. The molecular weight excluding hydrogens is 418 g/mol. The van der Waals surface area contributed by atoms with Crippen molar-refractivity contribution in [1.82, 2.24) is 4.90 Å². The zero-order chi connectivity index (χ0) is 16.2. The third kappa shape index (κ3) is 4.01. The average Bonchev–Trinajstić information content (AvgIpc) is 3.10. The maximum absolute atomic E-state index is 13.3. The van der Waals surface area contributed by atoms with Crippen LogP contribution in [0.2, 0.25) is 0 Å². The summed E-state index contributed by atoms with van der Waals surface area (Å²) in [5.41, 5.74) is 2.02. The van der Waals surface area contributed by atoms with Crippen molar-refractivity contribution in [3.05, 3.63) is 33.8 Å². The van der Waals surface area contributed by atoms with E-state index in [4.69, 9.17) is 0 Å². The summed E-state index contributed by atoms with van der Waals surface area (Å²) in [4.78, 5) is 15.5. The SMILES string of the molecule is O=C(c1ccc(CBr)c(Br)c1)N(C1CCCCC1)C1CCCC1. The number of carbonyl (C=O) groups excluding carboxylic acids is 1. The fourth-order valence-electron chi connectivity index (χ4n) is 4.11. The molecule has 0 N–H and O–H groups in total. The molecule has 0 bridgehead atoms. The van der Waals surface area contributed by atoms with E-state index in [0.717, 1.165) is 15.4 Å². The van der Waals surface area contributed by atoms with Crippen LogP contribution in [0, 0.1) is 0 Å². The van der Waals surface area contributed by atoms with Crippen LogP contribution in [-0.2, 0) is 5.33 Å². The predicted octanol–water partition coefficient (Wildman–Crippen LogP) is 6.06. The zero-order valence-electron chi connectivity index (χ0n) is 13.6. The van der Waals surface area contributed by atoms with Crippen LogP contribution in [0.3, 0.4) is 0 Å². The molecule has 0 spiro atoms. The first-order valence-electron chi connectivity index (χ1n) is 8.87. The average molecular weight is 443 g/mol. The molecule has 2 nitrogen and oxygen atoms in total. The van der Waals surface area contributed by atoms with Crippen molar-refractivity contribution in [2.75, 3.05) is 0 Å². The van der Waals surface area contributed by atoms with E-state index in [-0.39, 0.29) is 5.91 Å². The molecule has 2 fully saturated rings. The molecular formula is C19H25Br2NO. The maximum Gasteiger partial charge on any atom is 0.254 e. The van der Waals surface area contributed by atoms with Gasteiger partial charge in [0.15, 0.2) is 0 Å². The first-order valence-corrected chi connectivity index (χ1v) is 10.8. The van der Waals surface area contributed by atoms with Gasteiger partial charge in [0.05, 0.1) is 0 Å². The summed E-state index contributed by atoms with van der Waals surface area (Å²) in [5.74, 6) is 0.241. The molecule has 23 heavy (non-hydrogen) atoms. The molecule has 1 amide bonds. The molecule has 1 aromatic rings. The molecule has 126 valence electrons. The summed E-state index contributed by atoms with van der Waals surface area (Å²) in [6.45, 7) is 0. The molecule has 2 aliphatic rings. The normalized spacial score (nSPS) is 19.9. The van der Waals surface area contributed by atoms with Gasteiger partial charge in [0.2, 0.25) is 0 Å². The van der Waals surface area contributed by atoms with Gasteiger partial charge in [-0.1, -0.05) is 70.0 Å². The van der Waals surface area contributed by atoms with Crippen molar-refractivity contribution in [3.8, 4) is 0 Å². The van der Waals surface area contributed by atoms with Crippen molar-refractivity contribution < 1.29 is 4.79 Å². The summed E-state index contributed by atoms with van der Waals surface area (Å²) in [6.07, 6.45) is 11.1. The lowest BCUT2D eigenvalue weighted by Gasteiger charge is -2.39. The van der Waals surface area contributed by atoms with E-state index in [9.17, 15) is 4.79 Å². The summed E-state index contributed by atoms with van der Waals surface area (Å²) < 4.78 is 1.02. The largest absolute Gasteiger partial charge is 0.333 e. The second-order valence-electron chi connectivity index (χ2n) is 6.88. The minimum atomic E-state index is 0.241. The van der Waals surface area contributed by atoms with Gasteiger partial charge in [-0.3, -0.25) is 4.79 Å². The van der Waals surface area contributed by atoms with Crippen molar-refractivity contribution in [2.24, 2.45) is 0 Å². The highest BCUT2D eigenvalue weighted by Crippen LogP contribution is 2.33. The molecule has 3 rings (SSSR count). The molecule has 0 aliphatic heterocycles. The predicted molar refractivity (Wildman–Crippen MR) is 102 cm³/mol. The van der Waals surface area contributed by atoms with E-state index in [0.29, 0.717) is 12.1 Å².